The number of rotatable bonds is 2. The molecule has 2 rings (SSSR count). The first-order valence-corrected chi connectivity index (χ1v) is 6.46. The summed E-state index contributed by atoms with van der Waals surface area (Å²) in [5, 5.41) is 0. The standard InChI is InChI=1S/C14H13F4NO2/c1-2-8-6-11(20)19(7-8)13(21)9-4-3-5-10(12(9)15)14(16,17)18/h3-5,8H,2,6-7H2,1H3. The maximum atomic E-state index is 13.9. The van der Waals surface area contributed by atoms with E-state index in [9.17, 15) is 27.2 Å². The second kappa shape index (κ2) is 5.46. The normalized spacial score (nSPS) is 19.2. The molecule has 0 aliphatic carbocycles. The number of hydrogen-bond donors (Lipinski definition) is 0. The molecule has 21 heavy (non-hydrogen) atoms. The maximum absolute atomic E-state index is 13.9. The van der Waals surface area contributed by atoms with Gasteiger partial charge in [0.05, 0.1) is 11.1 Å². The number of likely N-dealkylation sites (tertiary alicyclic amines) is 1. The number of carbonyl (C=O) groups is 2. The first-order chi connectivity index (χ1) is 9.75. The Morgan fingerprint density at radius 3 is 2.57 bits per heavy atom. The Bertz CT molecular complexity index is 583. The molecular formula is C14H13F4NO2. The molecule has 3 nitrogen and oxygen atoms in total. The van der Waals surface area contributed by atoms with Gasteiger partial charge in [0.25, 0.3) is 5.91 Å². The van der Waals surface area contributed by atoms with E-state index in [2.05, 4.69) is 0 Å². The van der Waals surface area contributed by atoms with Gasteiger partial charge in [0.2, 0.25) is 5.91 Å². The summed E-state index contributed by atoms with van der Waals surface area (Å²) in [6.45, 7) is 1.96. The zero-order chi connectivity index (χ0) is 15.8. The average Bonchev–Trinajstić information content (AvgIpc) is 2.78. The fraction of sp³-hybridized carbons (Fsp3) is 0.429. The molecule has 114 valence electrons. The van der Waals surface area contributed by atoms with E-state index in [0.29, 0.717) is 12.5 Å². The Morgan fingerprint density at radius 1 is 1.38 bits per heavy atom. The SMILES string of the molecule is CCC1CC(=O)N(C(=O)c2cccc(C(F)(F)F)c2F)C1. The Balaban J connectivity index is 2.35. The zero-order valence-corrected chi connectivity index (χ0v) is 11.2. The van der Waals surface area contributed by atoms with Gasteiger partial charge in [-0.3, -0.25) is 14.5 Å². The predicted octanol–water partition coefficient (Wildman–Crippen LogP) is 3.24. The van der Waals surface area contributed by atoms with Crippen molar-refractivity contribution >= 4 is 11.8 Å². The van der Waals surface area contributed by atoms with Gasteiger partial charge < -0.3 is 0 Å². The van der Waals surface area contributed by atoms with E-state index in [1.807, 2.05) is 6.92 Å². The molecule has 0 N–H and O–H groups in total. The highest BCUT2D eigenvalue weighted by molar-refractivity contribution is 6.06. The number of hydrogen-bond acceptors (Lipinski definition) is 2. The molecule has 0 spiro atoms. The predicted molar refractivity (Wildman–Crippen MR) is 65.8 cm³/mol. The van der Waals surface area contributed by atoms with Crippen LogP contribution in [0.4, 0.5) is 17.6 Å². The van der Waals surface area contributed by atoms with Crippen molar-refractivity contribution < 1.29 is 27.2 Å². The van der Waals surface area contributed by atoms with Crippen molar-refractivity contribution in [2.75, 3.05) is 6.54 Å². The molecule has 1 aromatic rings. The van der Waals surface area contributed by atoms with E-state index in [1.165, 1.54) is 0 Å². The van der Waals surface area contributed by atoms with Crippen molar-refractivity contribution in [3.8, 4) is 0 Å². The fourth-order valence-corrected chi connectivity index (χ4v) is 2.31. The molecule has 1 fully saturated rings. The number of halogens is 4. The topological polar surface area (TPSA) is 37.4 Å². The number of nitrogens with zero attached hydrogens (tertiary/aromatic N) is 1. The minimum Gasteiger partial charge on any atom is -0.278 e. The molecule has 2 amide bonds. The van der Waals surface area contributed by atoms with Crippen LogP contribution in [-0.2, 0) is 11.0 Å². The highest BCUT2D eigenvalue weighted by Crippen LogP contribution is 2.33. The number of carbonyl (C=O) groups excluding carboxylic acids is 2. The molecule has 1 heterocycles. The van der Waals surface area contributed by atoms with Gasteiger partial charge in [-0.05, 0) is 18.1 Å². The van der Waals surface area contributed by atoms with Gasteiger partial charge in [-0.2, -0.15) is 13.2 Å². The monoisotopic (exact) mass is 303 g/mol. The lowest BCUT2D eigenvalue weighted by Crippen LogP contribution is -2.33. The van der Waals surface area contributed by atoms with Crippen molar-refractivity contribution in [3.63, 3.8) is 0 Å². The second-order valence-corrected chi connectivity index (χ2v) is 4.95. The summed E-state index contributed by atoms with van der Waals surface area (Å²) < 4.78 is 51.8. The number of amides is 2. The summed E-state index contributed by atoms with van der Waals surface area (Å²) in [6, 6.07) is 2.48. The van der Waals surface area contributed by atoms with Crippen LogP contribution in [0.5, 0.6) is 0 Å². The first-order valence-electron chi connectivity index (χ1n) is 6.46. The Morgan fingerprint density at radius 2 is 2.05 bits per heavy atom. The number of benzene rings is 1. The van der Waals surface area contributed by atoms with E-state index in [4.69, 9.17) is 0 Å². The van der Waals surface area contributed by atoms with Gasteiger partial charge in [-0.15, -0.1) is 0 Å². The molecule has 1 aliphatic heterocycles. The lowest BCUT2D eigenvalue weighted by atomic mass is 10.1. The minimum absolute atomic E-state index is 0.0321. The summed E-state index contributed by atoms with van der Waals surface area (Å²) in [5.74, 6) is -3.17. The number of imide groups is 1. The van der Waals surface area contributed by atoms with E-state index >= 15 is 0 Å². The van der Waals surface area contributed by atoms with Crippen LogP contribution in [0.25, 0.3) is 0 Å². The molecular weight excluding hydrogens is 290 g/mol. The molecule has 1 unspecified atom stereocenters. The largest absolute Gasteiger partial charge is 0.419 e. The van der Waals surface area contributed by atoms with Crippen molar-refractivity contribution in [2.24, 2.45) is 5.92 Å². The molecule has 0 saturated carbocycles. The third-order valence-corrected chi connectivity index (χ3v) is 3.56. The van der Waals surface area contributed by atoms with Crippen molar-refractivity contribution in [1.82, 2.24) is 4.90 Å². The quantitative estimate of drug-likeness (QED) is 0.621. The Labute approximate surface area is 118 Å². The molecule has 0 aromatic heterocycles. The van der Waals surface area contributed by atoms with E-state index < -0.39 is 34.9 Å². The number of alkyl halides is 3. The second-order valence-electron chi connectivity index (χ2n) is 4.95. The van der Waals surface area contributed by atoms with Crippen molar-refractivity contribution in [1.29, 1.82) is 0 Å². The van der Waals surface area contributed by atoms with E-state index in [1.54, 1.807) is 0 Å². The molecule has 1 atom stereocenters. The summed E-state index contributed by atoms with van der Waals surface area (Å²) in [6.07, 6.45) is -4.06. The summed E-state index contributed by atoms with van der Waals surface area (Å²) in [7, 11) is 0. The zero-order valence-electron chi connectivity index (χ0n) is 11.2. The lowest BCUT2D eigenvalue weighted by molar-refractivity contribution is -0.140. The third-order valence-electron chi connectivity index (χ3n) is 3.56. The highest BCUT2D eigenvalue weighted by atomic mass is 19.4. The third kappa shape index (κ3) is 2.91. The molecule has 0 bridgehead atoms. The van der Waals surface area contributed by atoms with Gasteiger partial charge >= 0.3 is 6.18 Å². The van der Waals surface area contributed by atoms with Gasteiger partial charge in [0, 0.05) is 13.0 Å². The van der Waals surface area contributed by atoms with Crippen molar-refractivity contribution in [3.05, 3.63) is 35.1 Å². The fourth-order valence-electron chi connectivity index (χ4n) is 2.31. The van der Waals surface area contributed by atoms with E-state index in [-0.39, 0.29) is 18.9 Å². The van der Waals surface area contributed by atoms with Crippen LogP contribution in [0.15, 0.2) is 18.2 Å². The highest BCUT2D eigenvalue weighted by Gasteiger charge is 2.38. The molecule has 1 aliphatic rings. The van der Waals surface area contributed by atoms with Crippen LogP contribution >= 0.6 is 0 Å². The minimum atomic E-state index is -4.89. The van der Waals surface area contributed by atoms with Crippen LogP contribution in [0.3, 0.4) is 0 Å². The van der Waals surface area contributed by atoms with Gasteiger partial charge in [-0.25, -0.2) is 4.39 Å². The van der Waals surface area contributed by atoms with Crippen LogP contribution in [0, 0.1) is 11.7 Å². The molecule has 0 radical (unpaired) electrons. The van der Waals surface area contributed by atoms with Gasteiger partial charge in [0.15, 0.2) is 0 Å². The molecule has 1 aromatic carbocycles. The maximum Gasteiger partial charge on any atom is 0.419 e. The van der Waals surface area contributed by atoms with Gasteiger partial charge in [0.1, 0.15) is 5.82 Å². The van der Waals surface area contributed by atoms with E-state index in [0.717, 1.165) is 17.0 Å². The Hall–Kier alpha value is -1.92. The summed E-state index contributed by atoms with van der Waals surface area (Å²) in [4.78, 5) is 24.7. The Kier molecular flexibility index (Phi) is 4.02. The van der Waals surface area contributed by atoms with Crippen molar-refractivity contribution in [2.45, 2.75) is 25.9 Å². The first kappa shape index (κ1) is 15.5. The van der Waals surface area contributed by atoms with Crippen LogP contribution in [0.2, 0.25) is 0 Å². The summed E-state index contributed by atoms with van der Waals surface area (Å²) in [5.41, 5.74) is -2.23. The average molecular weight is 303 g/mol. The molecule has 1 saturated heterocycles. The molecule has 7 heteroatoms. The van der Waals surface area contributed by atoms with Crippen LogP contribution in [0.1, 0.15) is 35.7 Å². The van der Waals surface area contributed by atoms with Crippen LogP contribution < -0.4 is 0 Å². The van der Waals surface area contributed by atoms with Gasteiger partial charge in [-0.1, -0.05) is 19.4 Å². The lowest BCUT2D eigenvalue weighted by Gasteiger charge is -2.16. The van der Waals surface area contributed by atoms with Crippen LogP contribution in [-0.4, -0.2) is 23.3 Å². The smallest absolute Gasteiger partial charge is 0.278 e. The summed E-state index contributed by atoms with van der Waals surface area (Å²) >= 11 is 0.